The molecule has 0 aromatic heterocycles. The zero-order valence-electron chi connectivity index (χ0n) is 12.2. The normalized spacial score (nSPS) is 12.3. The third-order valence-electron chi connectivity index (χ3n) is 3.45. The van der Waals surface area contributed by atoms with E-state index in [-0.39, 0.29) is 12.2 Å². The topological polar surface area (TPSA) is 46.5 Å². The van der Waals surface area contributed by atoms with Gasteiger partial charge in [0.1, 0.15) is 5.82 Å². The van der Waals surface area contributed by atoms with Crippen molar-refractivity contribution in [1.29, 1.82) is 0 Å². The molecule has 0 aliphatic rings. The van der Waals surface area contributed by atoms with Gasteiger partial charge in [0.2, 0.25) is 0 Å². The Hall–Kier alpha value is -1.42. The first-order valence-corrected chi connectivity index (χ1v) is 7.17. The molecule has 0 amide bonds. The Kier molecular flexibility index (Phi) is 7.23. The van der Waals surface area contributed by atoms with Gasteiger partial charge in [0, 0.05) is 12.2 Å². The molecule has 0 saturated heterocycles. The molecule has 0 aliphatic carbocycles. The van der Waals surface area contributed by atoms with Crippen molar-refractivity contribution < 1.29 is 19.0 Å². The molecule has 0 aliphatic heterocycles. The van der Waals surface area contributed by atoms with Gasteiger partial charge in [-0.1, -0.05) is 33.1 Å². The van der Waals surface area contributed by atoms with E-state index < -0.39 is 11.8 Å². The van der Waals surface area contributed by atoms with Gasteiger partial charge in [-0.25, -0.2) is 9.18 Å². The lowest BCUT2D eigenvalue weighted by molar-refractivity contribution is 0.0694. The molecular formula is C16H23FO3. The molecule has 0 heterocycles. The second-order valence-corrected chi connectivity index (χ2v) is 5.04. The summed E-state index contributed by atoms with van der Waals surface area (Å²) >= 11 is 0. The number of aromatic carboxylic acids is 1. The zero-order valence-corrected chi connectivity index (χ0v) is 12.2. The summed E-state index contributed by atoms with van der Waals surface area (Å²) in [6.07, 6.45) is 4.48. The number of hydrogen-bond donors (Lipinski definition) is 1. The molecule has 1 N–H and O–H groups in total. The summed E-state index contributed by atoms with van der Waals surface area (Å²) in [7, 11) is 0. The summed E-state index contributed by atoms with van der Waals surface area (Å²) in [6.45, 7) is 4.98. The van der Waals surface area contributed by atoms with Crippen LogP contribution >= 0.6 is 0 Å². The molecule has 1 atom stereocenters. The fourth-order valence-electron chi connectivity index (χ4n) is 2.05. The maximum atomic E-state index is 13.6. The van der Waals surface area contributed by atoms with Crippen LogP contribution in [-0.2, 0) is 11.3 Å². The van der Waals surface area contributed by atoms with E-state index in [4.69, 9.17) is 9.84 Å². The fourth-order valence-corrected chi connectivity index (χ4v) is 2.05. The summed E-state index contributed by atoms with van der Waals surface area (Å²) in [4.78, 5) is 10.8. The van der Waals surface area contributed by atoms with E-state index in [1.165, 1.54) is 24.6 Å². The van der Waals surface area contributed by atoms with Crippen LogP contribution in [0.15, 0.2) is 18.2 Å². The second kappa shape index (κ2) is 8.69. The average Bonchev–Trinajstić information content (AvgIpc) is 2.44. The lowest BCUT2D eigenvalue weighted by Gasteiger charge is -2.15. The van der Waals surface area contributed by atoms with Gasteiger partial charge in [-0.2, -0.15) is 0 Å². The van der Waals surface area contributed by atoms with E-state index in [2.05, 4.69) is 13.8 Å². The zero-order chi connectivity index (χ0) is 15.0. The van der Waals surface area contributed by atoms with Crippen molar-refractivity contribution in [2.45, 2.75) is 46.1 Å². The van der Waals surface area contributed by atoms with E-state index in [1.54, 1.807) is 0 Å². The van der Waals surface area contributed by atoms with Gasteiger partial charge in [-0.15, -0.1) is 0 Å². The molecular weight excluding hydrogens is 259 g/mol. The van der Waals surface area contributed by atoms with E-state index in [1.807, 2.05) is 0 Å². The summed E-state index contributed by atoms with van der Waals surface area (Å²) in [5.41, 5.74) is 0.387. The fraction of sp³-hybridized carbons (Fsp3) is 0.562. The predicted octanol–water partition coefficient (Wildman–Crippen LogP) is 4.26. The largest absolute Gasteiger partial charge is 0.478 e. The van der Waals surface area contributed by atoms with E-state index in [0.29, 0.717) is 18.1 Å². The van der Waals surface area contributed by atoms with Crippen LogP contribution in [0.25, 0.3) is 0 Å². The highest BCUT2D eigenvalue weighted by atomic mass is 19.1. The van der Waals surface area contributed by atoms with Crippen molar-refractivity contribution in [1.82, 2.24) is 0 Å². The van der Waals surface area contributed by atoms with Gasteiger partial charge in [0.15, 0.2) is 0 Å². The number of carboxylic acid groups (broad SMARTS) is 1. The number of benzene rings is 1. The molecule has 0 fully saturated rings. The quantitative estimate of drug-likeness (QED) is 0.736. The van der Waals surface area contributed by atoms with Crippen molar-refractivity contribution in [3.8, 4) is 0 Å². The van der Waals surface area contributed by atoms with Crippen LogP contribution in [0.2, 0.25) is 0 Å². The third-order valence-corrected chi connectivity index (χ3v) is 3.45. The maximum Gasteiger partial charge on any atom is 0.335 e. The number of unbranched alkanes of at least 4 members (excludes halogenated alkanes) is 1. The van der Waals surface area contributed by atoms with Gasteiger partial charge in [0.25, 0.3) is 0 Å². The smallest absolute Gasteiger partial charge is 0.335 e. The third kappa shape index (κ3) is 5.29. The van der Waals surface area contributed by atoms with Crippen LogP contribution in [-0.4, -0.2) is 17.7 Å². The van der Waals surface area contributed by atoms with Gasteiger partial charge in [-0.3, -0.25) is 0 Å². The van der Waals surface area contributed by atoms with Crippen molar-refractivity contribution in [3.05, 3.63) is 35.1 Å². The van der Waals surface area contributed by atoms with Crippen molar-refractivity contribution >= 4 is 5.97 Å². The number of carboxylic acids is 1. The highest BCUT2D eigenvalue weighted by Gasteiger charge is 2.10. The molecule has 20 heavy (non-hydrogen) atoms. The average molecular weight is 282 g/mol. The molecule has 0 spiro atoms. The molecule has 0 bridgehead atoms. The standard InChI is InChI=1S/C16H23FO3/c1-3-5-6-12(4-2)10-20-11-14-9-13(16(18)19)7-8-15(14)17/h7-9,12H,3-6,10-11H2,1-2H3,(H,18,19). The minimum absolute atomic E-state index is 0.0861. The molecule has 112 valence electrons. The minimum atomic E-state index is -1.05. The molecule has 4 heteroatoms. The van der Waals surface area contributed by atoms with Gasteiger partial charge < -0.3 is 9.84 Å². The Morgan fingerprint density at radius 1 is 1.40 bits per heavy atom. The number of hydrogen-bond acceptors (Lipinski definition) is 2. The summed E-state index contributed by atoms with van der Waals surface area (Å²) < 4.78 is 19.1. The van der Waals surface area contributed by atoms with E-state index in [0.717, 1.165) is 19.3 Å². The van der Waals surface area contributed by atoms with Crippen LogP contribution in [0.1, 0.15) is 55.5 Å². The monoisotopic (exact) mass is 282 g/mol. The first-order valence-electron chi connectivity index (χ1n) is 7.17. The molecule has 0 radical (unpaired) electrons. The van der Waals surface area contributed by atoms with Gasteiger partial charge >= 0.3 is 5.97 Å². The number of halogens is 1. The molecule has 3 nitrogen and oxygen atoms in total. The molecule has 1 aromatic rings. The van der Waals surface area contributed by atoms with E-state index >= 15 is 0 Å². The van der Waals surface area contributed by atoms with Crippen LogP contribution in [0.4, 0.5) is 4.39 Å². The Morgan fingerprint density at radius 2 is 2.15 bits per heavy atom. The molecule has 1 aromatic carbocycles. The Labute approximate surface area is 119 Å². The number of ether oxygens (including phenoxy) is 1. The Morgan fingerprint density at radius 3 is 2.75 bits per heavy atom. The predicted molar refractivity (Wildman–Crippen MR) is 76.3 cm³/mol. The lowest BCUT2D eigenvalue weighted by atomic mass is 10.0. The van der Waals surface area contributed by atoms with E-state index in [9.17, 15) is 9.18 Å². The SMILES string of the molecule is CCCCC(CC)COCc1cc(C(=O)O)ccc1F. The highest BCUT2D eigenvalue weighted by molar-refractivity contribution is 5.87. The summed E-state index contributed by atoms with van der Waals surface area (Å²) in [5.74, 6) is -0.988. The lowest BCUT2D eigenvalue weighted by Crippen LogP contribution is -2.10. The first kappa shape index (κ1) is 16.6. The van der Waals surface area contributed by atoms with Gasteiger partial charge in [0.05, 0.1) is 12.2 Å². The van der Waals surface area contributed by atoms with Crippen LogP contribution in [0, 0.1) is 11.7 Å². The molecule has 1 unspecified atom stereocenters. The second-order valence-electron chi connectivity index (χ2n) is 5.04. The Bertz CT molecular complexity index is 432. The minimum Gasteiger partial charge on any atom is -0.478 e. The highest BCUT2D eigenvalue weighted by Crippen LogP contribution is 2.16. The summed E-state index contributed by atoms with van der Waals surface area (Å²) in [5, 5.41) is 8.89. The summed E-state index contributed by atoms with van der Waals surface area (Å²) in [6, 6.07) is 3.78. The molecule has 1 rings (SSSR count). The van der Waals surface area contributed by atoms with Crippen LogP contribution in [0.3, 0.4) is 0 Å². The van der Waals surface area contributed by atoms with Crippen LogP contribution < -0.4 is 0 Å². The Balaban J connectivity index is 2.52. The number of rotatable bonds is 9. The van der Waals surface area contributed by atoms with Crippen molar-refractivity contribution in [2.75, 3.05) is 6.61 Å². The first-order chi connectivity index (χ1) is 9.58. The molecule has 0 saturated carbocycles. The van der Waals surface area contributed by atoms with Gasteiger partial charge in [-0.05, 0) is 30.5 Å². The number of carbonyl (C=O) groups is 1. The van der Waals surface area contributed by atoms with Crippen molar-refractivity contribution in [2.24, 2.45) is 5.92 Å². The van der Waals surface area contributed by atoms with Crippen molar-refractivity contribution in [3.63, 3.8) is 0 Å². The van der Waals surface area contributed by atoms with Crippen LogP contribution in [0.5, 0.6) is 0 Å². The maximum absolute atomic E-state index is 13.6.